The van der Waals surface area contributed by atoms with Crippen LogP contribution in [0.4, 0.5) is 10.5 Å². The molecule has 1 aromatic rings. The Morgan fingerprint density at radius 3 is 2.61 bits per heavy atom. The summed E-state index contributed by atoms with van der Waals surface area (Å²) < 4.78 is 4.99. The zero-order chi connectivity index (χ0) is 13.1. The van der Waals surface area contributed by atoms with Crippen molar-refractivity contribution >= 4 is 11.8 Å². The highest BCUT2D eigenvalue weighted by molar-refractivity contribution is 5.70. The molecule has 0 radical (unpaired) electrons. The van der Waals surface area contributed by atoms with Crippen LogP contribution in [0.3, 0.4) is 0 Å². The minimum atomic E-state index is -0.525. The van der Waals surface area contributed by atoms with Crippen molar-refractivity contribution in [3.05, 3.63) is 34.4 Å². The van der Waals surface area contributed by atoms with E-state index in [0.717, 1.165) is 6.42 Å². The third-order valence-electron chi connectivity index (χ3n) is 3.04. The third kappa shape index (κ3) is 3.19. The number of amides is 1. The molecule has 0 saturated heterocycles. The first-order valence-electron chi connectivity index (χ1n) is 5.76. The van der Waals surface area contributed by atoms with E-state index in [-0.39, 0.29) is 5.69 Å². The summed E-state index contributed by atoms with van der Waals surface area (Å²) in [5, 5.41) is 13.1. The van der Waals surface area contributed by atoms with Crippen molar-refractivity contribution in [2.24, 2.45) is 11.8 Å². The number of non-ortho nitro benzene ring substituents is 1. The molecule has 0 unspecified atom stereocenters. The standard InChI is InChI=1S/C12H14N2O4/c1-8-6-9(8)7-13-12(15)18-11-4-2-10(3-5-11)14(16)17/h2-5,8-9H,6-7H2,1H3,(H,13,15)/t8-,9+/m1/s1. The van der Waals surface area contributed by atoms with Crippen LogP contribution in [-0.2, 0) is 0 Å². The van der Waals surface area contributed by atoms with Crippen LogP contribution in [0.15, 0.2) is 24.3 Å². The van der Waals surface area contributed by atoms with Crippen LogP contribution in [0, 0.1) is 22.0 Å². The van der Waals surface area contributed by atoms with Crippen molar-refractivity contribution in [3.63, 3.8) is 0 Å². The number of nitro benzene ring substituents is 1. The Bertz CT molecular complexity index is 458. The predicted octanol–water partition coefficient (Wildman–Crippen LogP) is 2.34. The van der Waals surface area contributed by atoms with Gasteiger partial charge in [-0.3, -0.25) is 10.1 Å². The third-order valence-corrected chi connectivity index (χ3v) is 3.04. The molecule has 0 aliphatic heterocycles. The van der Waals surface area contributed by atoms with E-state index in [2.05, 4.69) is 12.2 Å². The molecule has 6 nitrogen and oxygen atoms in total. The van der Waals surface area contributed by atoms with Gasteiger partial charge in [0.2, 0.25) is 0 Å². The molecule has 0 spiro atoms. The minimum Gasteiger partial charge on any atom is -0.410 e. The van der Waals surface area contributed by atoms with Gasteiger partial charge in [-0.25, -0.2) is 4.79 Å². The number of nitrogens with zero attached hydrogens (tertiary/aromatic N) is 1. The van der Waals surface area contributed by atoms with Gasteiger partial charge in [-0.1, -0.05) is 6.92 Å². The van der Waals surface area contributed by atoms with Crippen molar-refractivity contribution in [2.75, 3.05) is 6.54 Å². The van der Waals surface area contributed by atoms with E-state index in [9.17, 15) is 14.9 Å². The molecule has 1 N–H and O–H groups in total. The van der Waals surface area contributed by atoms with Crippen LogP contribution in [0.5, 0.6) is 5.75 Å². The van der Waals surface area contributed by atoms with Crippen LogP contribution in [0.2, 0.25) is 0 Å². The lowest BCUT2D eigenvalue weighted by Crippen LogP contribution is -2.28. The van der Waals surface area contributed by atoms with E-state index in [0.29, 0.717) is 24.1 Å². The van der Waals surface area contributed by atoms with Gasteiger partial charge >= 0.3 is 6.09 Å². The fourth-order valence-corrected chi connectivity index (χ4v) is 1.68. The first-order valence-corrected chi connectivity index (χ1v) is 5.76. The van der Waals surface area contributed by atoms with Crippen molar-refractivity contribution in [2.45, 2.75) is 13.3 Å². The highest BCUT2D eigenvalue weighted by atomic mass is 16.6. The maximum atomic E-state index is 11.4. The molecule has 1 aliphatic carbocycles. The number of rotatable bonds is 4. The predicted molar refractivity (Wildman–Crippen MR) is 64.4 cm³/mol. The number of carbonyl (C=O) groups is 1. The largest absolute Gasteiger partial charge is 0.412 e. The van der Waals surface area contributed by atoms with Crippen molar-refractivity contribution < 1.29 is 14.5 Å². The van der Waals surface area contributed by atoms with Crippen LogP contribution < -0.4 is 10.1 Å². The average molecular weight is 250 g/mol. The molecule has 6 heteroatoms. The Balaban J connectivity index is 1.81. The molecule has 0 bridgehead atoms. The lowest BCUT2D eigenvalue weighted by atomic mass is 10.3. The Hall–Kier alpha value is -2.11. The van der Waals surface area contributed by atoms with E-state index in [1.807, 2.05) is 0 Å². The molecule has 1 fully saturated rings. The topological polar surface area (TPSA) is 81.5 Å². The summed E-state index contributed by atoms with van der Waals surface area (Å²) >= 11 is 0. The summed E-state index contributed by atoms with van der Waals surface area (Å²) in [6.45, 7) is 2.75. The Labute approximate surface area is 104 Å². The molecule has 1 aromatic carbocycles. The van der Waals surface area contributed by atoms with Gasteiger partial charge in [0.25, 0.3) is 5.69 Å². The number of benzene rings is 1. The fraction of sp³-hybridized carbons (Fsp3) is 0.417. The van der Waals surface area contributed by atoms with Gasteiger partial charge in [-0.15, -0.1) is 0 Å². The molecule has 1 amide bonds. The SMILES string of the molecule is C[C@@H]1C[C@H]1CNC(=O)Oc1ccc([N+](=O)[O-])cc1. The second kappa shape index (κ2) is 5.03. The van der Waals surface area contributed by atoms with Crippen molar-refractivity contribution in [1.29, 1.82) is 0 Å². The highest BCUT2D eigenvalue weighted by Gasteiger charge is 2.32. The van der Waals surface area contributed by atoms with Gasteiger partial charge in [-0.2, -0.15) is 0 Å². The molecule has 1 aliphatic rings. The Kier molecular flexibility index (Phi) is 3.45. The lowest BCUT2D eigenvalue weighted by Gasteiger charge is -2.05. The molecular formula is C12H14N2O4. The normalized spacial score (nSPS) is 21.2. The summed E-state index contributed by atoms with van der Waals surface area (Å²) in [6.07, 6.45) is 0.612. The summed E-state index contributed by atoms with van der Waals surface area (Å²) in [4.78, 5) is 21.3. The number of nitrogens with one attached hydrogen (secondary N) is 1. The van der Waals surface area contributed by atoms with Gasteiger partial charge in [0.1, 0.15) is 5.75 Å². The molecule has 18 heavy (non-hydrogen) atoms. The zero-order valence-corrected chi connectivity index (χ0v) is 9.96. The fourth-order valence-electron chi connectivity index (χ4n) is 1.68. The number of nitro groups is 1. The second-order valence-electron chi connectivity index (χ2n) is 4.49. The van der Waals surface area contributed by atoms with Crippen LogP contribution in [0.1, 0.15) is 13.3 Å². The number of ether oxygens (including phenoxy) is 1. The molecule has 1 saturated carbocycles. The maximum absolute atomic E-state index is 11.4. The Morgan fingerprint density at radius 2 is 2.11 bits per heavy atom. The number of hydrogen-bond acceptors (Lipinski definition) is 4. The zero-order valence-electron chi connectivity index (χ0n) is 9.96. The molecule has 96 valence electrons. The van der Waals surface area contributed by atoms with Crippen molar-refractivity contribution in [1.82, 2.24) is 5.32 Å². The van der Waals surface area contributed by atoms with E-state index >= 15 is 0 Å². The van der Waals surface area contributed by atoms with Crippen LogP contribution in [0.25, 0.3) is 0 Å². The summed E-state index contributed by atoms with van der Waals surface area (Å²) in [5.41, 5.74) is -0.0328. The maximum Gasteiger partial charge on any atom is 0.412 e. The Morgan fingerprint density at radius 1 is 1.50 bits per heavy atom. The molecule has 2 rings (SSSR count). The number of carbonyl (C=O) groups excluding carboxylic acids is 1. The smallest absolute Gasteiger partial charge is 0.410 e. The first-order chi connectivity index (χ1) is 8.56. The van der Waals surface area contributed by atoms with Crippen LogP contribution in [-0.4, -0.2) is 17.6 Å². The van der Waals surface area contributed by atoms with Gasteiger partial charge < -0.3 is 10.1 Å². The van der Waals surface area contributed by atoms with Gasteiger partial charge in [-0.05, 0) is 30.4 Å². The van der Waals surface area contributed by atoms with Gasteiger partial charge in [0.05, 0.1) is 4.92 Å². The first kappa shape index (κ1) is 12.3. The highest BCUT2D eigenvalue weighted by Crippen LogP contribution is 2.36. The second-order valence-corrected chi connectivity index (χ2v) is 4.49. The van der Waals surface area contributed by atoms with Crippen LogP contribution >= 0.6 is 0 Å². The quantitative estimate of drug-likeness (QED) is 0.656. The van der Waals surface area contributed by atoms with Crippen molar-refractivity contribution in [3.8, 4) is 5.75 Å². The molecule has 2 atom stereocenters. The molecule has 0 aromatic heterocycles. The van der Waals surface area contributed by atoms with Gasteiger partial charge in [0, 0.05) is 18.7 Å². The number of hydrogen-bond donors (Lipinski definition) is 1. The van der Waals surface area contributed by atoms with E-state index in [1.54, 1.807) is 0 Å². The molecule has 0 heterocycles. The summed E-state index contributed by atoms with van der Waals surface area (Å²) in [7, 11) is 0. The lowest BCUT2D eigenvalue weighted by molar-refractivity contribution is -0.384. The minimum absolute atomic E-state index is 0.0328. The monoisotopic (exact) mass is 250 g/mol. The summed E-state index contributed by atoms with van der Waals surface area (Å²) in [6, 6.07) is 5.39. The van der Waals surface area contributed by atoms with E-state index < -0.39 is 11.0 Å². The summed E-state index contributed by atoms with van der Waals surface area (Å²) in [5.74, 6) is 1.51. The average Bonchev–Trinajstić information content (AvgIpc) is 3.03. The molecular weight excluding hydrogens is 236 g/mol. The van der Waals surface area contributed by atoms with E-state index in [1.165, 1.54) is 24.3 Å². The van der Waals surface area contributed by atoms with E-state index in [4.69, 9.17) is 4.74 Å². The van der Waals surface area contributed by atoms with Gasteiger partial charge in [0.15, 0.2) is 0 Å².